The molecule has 0 aliphatic heterocycles. The first-order valence-corrected chi connectivity index (χ1v) is 9.62. The minimum absolute atomic E-state index is 0.202. The van der Waals surface area contributed by atoms with E-state index in [1.807, 2.05) is 35.9 Å². The van der Waals surface area contributed by atoms with Gasteiger partial charge in [-0.1, -0.05) is 0 Å². The predicted octanol–water partition coefficient (Wildman–Crippen LogP) is 4.12. The van der Waals surface area contributed by atoms with Crippen LogP contribution in [0, 0.1) is 0 Å². The summed E-state index contributed by atoms with van der Waals surface area (Å²) < 4.78 is 19.2. The molecule has 3 rings (SSSR count). The number of carbonyl (C=O) groups excluding carboxylic acids is 1. The third kappa shape index (κ3) is 4.56. The Labute approximate surface area is 172 Å². The fraction of sp³-hybridized carbons (Fsp3) is 0.300. The van der Waals surface area contributed by atoms with E-state index in [0.29, 0.717) is 18.1 Å². The summed E-state index contributed by atoms with van der Waals surface area (Å²) in [6.07, 6.45) is 1.73. The van der Waals surface area contributed by atoms with Gasteiger partial charge in [-0.2, -0.15) is 5.10 Å². The Bertz CT molecular complexity index is 933. The average Bonchev–Trinajstić information content (AvgIpc) is 3.33. The third-order valence-corrected chi connectivity index (χ3v) is 4.91. The number of rotatable bonds is 8. The Balaban J connectivity index is 1.60. The van der Waals surface area contributed by atoms with E-state index in [-0.39, 0.29) is 18.3 Å². The molecule has 0 aliphatic rings. The number of furan rings is 1. The molecule has 1 aromatic carbocycles. The number of methoxy groups -OCH3 is 1. The molecule has 0 unspecified atom stereocenters. The highest BCUT2D eigenvalue weighted by molar-refractivity contribution is 9.10. The molecule has 0 saturated carbocycles. The first-order chi connectivity index (χ1) is 13.5. The summed E-state index contributed by atoms with van der Waals surface area (Å²) in [4.78, 5) is 14.3. The van der Waals surface area contributed by atoms with Crippen molar-refractivity contribution in [3.63, 3.8) is 0 Å². The zero-order valence-electron chi connectivity index (χ0n) is 16.0. The van der Waals surface area contributed by atoms with Crippen molar-refractivity contribution >= 4 is 21.8 Å². The van der Waals surface area contributed by atoms with E-state index >= 15 is 0 Å². The molecule has 2 heterocycles. The number of hydrogen-bond donors (Lipinski definition) is 0. The molecule has 148 valence electrons. The van der Waals surface area contributed by atoms with Crippen molar-refractivity contribution in [2.45, 2.75) is 26.6 Å². The number of nitrogens with zero attached hydrogens (tertiary/aromatic N) is 3. The highest BCUT2D eigenvalue weighted by Crippen LogP contribution is 2.21. The highest BCUT2D eigenvalue weighted by atomic mass is 79.9. The normalized spacial score (nSPS) is 10.7. The quantitative estimate of drug-likeness (QED) is 0.519. The van der Waals surface area contributed by atoms with Crippen LogP contribution in [-0.2, 0) is 19.7 Å². The largest absolute Gasteiger partial charge is 0.497 e. The van der Waals surface area contributed by atoms with Gasteiger partial charge in [0, 0.05) is 13.6 Å². The zero-order valence-corrected chi connectivity index (χ0v) is 17.6. The smallest absolute Gasteiger partial charge is 0.289 e. The number of hydrogen-bond acceptors (Lipinski definition) is 5. The molecule has 8 heteroatoms. The van der Waals surface area contributed by atoms with Gasteiger partial charge >= 0.3 is 0 Å². The molecule has 0 aliphatic carbocycles. The van der Waals surface area contributed by atoms with E-state index in [9.17, 15) is 4.79 Å². The second kappa shape index (κ2) is 8.97. The van der Waals surface area contributed by atoms with Gasteiger partial charge in [0.1, 0.15) is 23.9 Å². The minimum Gasteiger partial charge on any atom is -0.497 e. The second-order valence-electron chi connectivity index (χ2n) is 6.15. The summed E-state index contributed by atoms with van der Waals surface area (Å²) in [5.74, 6) is 2.10. The summed E-state index contributed by atoms with van der Waals surface area (Å²) in [5, 5.41) is 4.27. The molecule has 2 aromatic heterocycles. The van der Waals surface area contributed by atoms with Gasteiger partial charge in [0.15, 0.2) is 5.76 Å². The van der Waals surface area contributed by atoms with Crippen LogP contribution in [0.5, 0.6) is 11.5 Å². The lowest BCUT2D eigenvalue weighted by atomic mass is 10.3. The van der Waals surface area contributed by atoms with Crippen molar-refractivity contribution in [3.05, 3.63) is 64.3 Å². The van der Waals surface area contributed by atoms with E-state index in [1.165, 1.54) is 0 Å². The Hall–Kier alpha value is -2.74. The van der Waals surface area contributed by atoms with Crippen LogP contribution in [0.4, 0.5) is 0 Å². The molecule has 0 spiro atoms. The summed E-state index contributed by atoms with van der Waals surface area (Å²) >= 11 is 3.48. The van der Waals surface area contributed by atoms with Gasteiger partial charge in [0.05, 0.1) is 30.0 Å². The maximum atomic E-state index is 12.7. The van der Waals surface area contributed by atoms with Gasteiger partial charge in [-0.3, -0.25) is 9.48 Å². The van der Waals surface area contributed by atoms with Crippen molar-refractivity contribution in [1.29, 1.82) is 0 Å². The van der Waals surface area contributed by atoms with Crippen molar-refractivity contribution in [2.75, 3.05) is 14.2 Å². The summed E-state index contributed by atoms with van der Waals surface area (Å²) in [6.45, 7) is 3.39. The van der Waals surface area contributed by atoms with E-state index in [0.717, 1.165) is 22.5 Å². The fourth-order valence-corrected chi connectivity index (χ4v) is 3.12. The van der Waals surface area contributed by atoms with Crippen LogP contribution in [0.3, 0.4) is 0 Å². The Morgan fingerprint density at radius 3 is 2.61 bits per heavy atom. The molecular formula is C20H22BrN3O4. The van der Waals surface area contributed by atoms with Crippen molar-refractivity contribution < 1.29 is 18.7 Å². The molecule has 0 radical (unpaired) electrons. The number of ether oxygens (including phenoxy) is 2. The molecule has 7 nitrogen and oxygen atoms in total. The first kappa shape index (κ1) is 20.0. The van der Waals surface area contributed by atoms with Crippen LogP contribution in [0.1, 0.15) is 28.9 Å². The van der Waals surface area contributed by atoms with Crippen LogP contribution in [0.2, 0.25) is 0 Å². The minimum atomic E-state index is -0.202. The summed E-state index contributed by atoms with van der Waals surface area (Å²) in [5.41, 5.74) is 0.938. The van der Waals surface area contributed by atoms with Crippen molar-refractivity contribution in [1.82, 2.24) is 14.7 Å². The number of aryl methyl sites for hydroxylation is 1. The van der Waals surface area contributed by atoms with E-state index < -0.39 is 0 Å². The Morgan fingerprint density at radius 2 is 1.93 bits per heavy atom. The Morgan fingerprint density at radius 1 is 1.21 bits per heavy atom. The number of benzene rings is 1. The molecule has 0 fully saturated rings. The second-order valence-corrected chi connectivity index (χ2v) is 7.00. The van der Waals surface area contributed by atoms with E-state index in [2.05, 4.69) is 21.0 Å². The third-order valence-electron chi connectivity index (χ3n) is 4.24. The molecule has 0 saturated heterocycles. The lowest BCUT2D eigenvalue weighted by Crippen LogP contribution is -2.27. The maximum Gasteiger partial charge on any atom is 0.289 e. The number of carbonyl (C=O) groups is 1. The van der Waals surface area contributed by atoms with Gasteiger partial charge in [-0.15, -0.1) is 0 Å². The van der Waals surface area contributed by atoms with Gasteiger partial charge < -0.3 is 18.8 Å². The number of amides is 1. The van der Waals surface area contributed by atoms with Gasteiger partial charge in [-0.05, 0) is 59.3 Å². The van der Waals surface area contributed by atoms with Crippen molar-refractivity contribution in [3.8, 4) is 11.5 Å². The number of aromatic nitrogens is 2. The van der Waals surface area contributed by atoms with Crippen LogP contribution < -0.4 is 9.47 Å². The van der Waals surface area contributed by atoms with Gasteiger partial charge in [-0.25, -0.2) is 0 Å². The topological polar surface area (TPSA) is 69.7 Å². The standard InChI is InChI=1S/C20H22BrN3O4/c1-4-24-18(17(21)11-22-24)12-23(2)20(25)19-10-9-16(28-19)13-27-15-7-5-14(26-3)6-8-15/h5-11H,4,12-13H2,1-3H3. The predicted molar refractivity (Wildman–Crippen MR) is 107 cm³/mol. The molecule has 1 amide bonds. The van der Waals surface area contributed by atoms with Gasteiger partial charge in [0.2, 0.25) is 0 Å². The first-order valence-electron chi connectivity index (χ1n) is 8.83. The molecule has 28 heavy (non-hydrogen) atoms. The monoisotopic (exact) mass is 447 g/mol. The average molecular weight is 448 g/mol. The van der Waals surface area contributed by atoms with Crippen LogP contribution in [0.15, 0.2) is 51.5 Å². The van der Waals surface area contributed by atoms with Crippen LogP contribution in [-0.4, -0.2) is 34.7 Å². The van der Waals surface area contributed by atoms with Gasteiger partial charge in [0.25, 0.3) is 5.91 Å². The lowest BCUT2D eigenvalue weighted by Gasteiger charge is -2.17. The molecule has 0 bridgehead atoms. The fourth-order valence-electron chi connectivity index (χ4n) is 2.70. The van der Waals surface area contributed by atoms with E-state index in [4.69, 9.17) is 13.9 Å². The Kier molecular flexibility index (Phi) is 6.41. The van der Waals surface area contributed by atoms with Crippen LogP contribution in [0.25, 0.3) is 0 Å². The SMILES string of the molecule is CCn1ncc(Br)c1CN(C)C(=O)c1ccc(COc2ccc(OC)cc2)o1. The van der Waals surface area contributed by atoms with Crippen molar-refractivity contribution in [2.24, 2.45) is 0 Å². The number of halogens is 1. The lowest BCUT2D eigenvalue weighted by molar-refractivity contribution is 0.0745. The highest BCUT2D eigenvalue weighted by Gasteiger charge is 2.19. The zero-order chi connectivity index (χ0) is 20.1. The molecule has 0 atom stereocenters. The van der Waals surface area contributed by atoms with Crippen LogP contribution >= 0.6 is 15.9 Å². The summed E-state index contributed by atoms with van der Waals surface area (Å²) in [6, 6.07) is 10.7. The maximum absolute atomic E-state index is 12.7. The van der Waals surface area contributed by atoms with E-state index in [1.54, 1.807) is 37.4 Å². The molecule has 3 aromatic rings. The molecule has 0 N–H and O–H groups in total. The summed E-state index contributed by atoms with van der Waals surface area (Å²) in [7, 11) is 3.35. The molecular weight excluding hydrogens is 426 g/mol.